The van der Waals surface area contributed by atoms with Crippen molar-refractivity contribution in [2.75, 3.05) is 54.0 Å². The molecule has 140 valence electrons. The second-order valence-electron chi connectivity index (χ2n) is 7.43. The topological polar surface area (TPSA) is 92.0 Å². The highest BCUT2D eigenvalue weighted by atomic mass is 16.5. The van der Waals surface area contributed by atoms with Gasteiger partial charge in [-0.05, 0) is 6.07 Å². The van der Waals surface area contributed by atoms with Crippen LogP contribution in [0.4, 0.5) is 0 Å². The molecule has 1 aliphatic rings. The van der Waals surface area contributed by atoms with Crippen molar-refractivity contribution >= 4 is 11.9 Å². The molecule has 0 bridgehead atoms. The predicted octanol–water partition coefficient (Wildman–Crippen LogP) is 0.391. The number of carbonyl (C=O) groups excluding carboxylic acids is 1. The van der Waals surface area contributed by atoms with Crippen molar-refractivity contribution in [2.45, 2.75) is 19.0 Å². The molecule has 0 unspecified atom stereocenters. The number of ether oxygens (including phenoxy) is 1. The summed E-state index contributed by atoms with van der Waals surface area (Å²) in [6.07, 6.45) is 1.31. The van der Waals surface area contributed by atoms with Gasteiger partial charge in [-0.1, -0.05) is 0 Å². The maximum absolute atomic E-state index is 12.4. The van der Waals surface area contributed by atoms with Crippen LogP contribution in [-0.4, -0.2) is 86.4 Å². The summed E-state index contributed by atoms with van der Waals surface area (Å²) >= 11 is 0. The molecule has 0 aromatic carbocycles. The molecule has 0 radical (unpaired) electrons. The number of rotatable bonds is 8. The molecule has 1 atom stereocenters. The molecule has 2 rings (SSSR count). The SMILES string of the molecule is C[N+](C)(C)C[C@@H](CC(=O)O)NC(=O)c1coc(CN2CCOCC2)c1. The Balaban J connectivity index is 1.94. The van der Waals surface area contributed by atoms with Crippen molar-refractivity contribution in [3.05, 3.63) is 23.7 Å². The number of carboxylic acids is 1. The maximum Gasteiger partial charge on any atom is 0.305 e. The fraction of sp³-hybridized carbons (Fsp3) is 0.647. The molecule has 25 heavy (non-hydrogen) atoms. The third kappa shape index (κ3) is 6.85. The van der Waals surface area contributed by atoms with Crippen molar-refractivity contribution in [2.24, 2.45) is 0 Å². The van der Waals surface area contributed by atoms with E-state index in [2.05, 4.69) is 10.2 Å². The maximum atomic E-state index is 12.4. The average Bonchev–Trinajstić information content (AvgIpc) is 2.94. The van der Waals surface area contributed by atoms with Gasteiger partial charge in [0.05, 0.1) is 65.5 Å². The van der Waals surface area contributed by atoms with Gasteiger partial charge in [0, 0.05) is 13.1 Å². The van der Waals surface area contributed by atoms with Crippen LogP contribution in [0, 0.1) is 0 Å². The Bertz CT molecular complexity index is 587. The predicted molar refractivity (Wildman–Crippen MR) is 91.2 cm³/mol. The third-order valence-corrected chi connectivity index (χ3v) is 3.92. The summed E-state index contributed by atoms with van der Waals surface area (Å²) in [5.74, 6) is -0.524. The van der Waals surface area contributed by atoms with E-state index in [0.717, 1.165) is 13.1 Å². The Morgan fingerprint density at radius 2 is 2.00 bits per heavy atom. The molecule has 1 aromatic rings. The summed E-state index contributed by atoms with van der Waals surface area (Å²) in [5, 5.41) is 11.9. The van der Waals surface area contributed by atoms with Crippen LogP contribution in [0.3, 0.4) is 0 Å². The Labute approximate surface area is 147 Å². The van der Waals surface area contributed by atoms with Gasteiger partial charge >= 0.3 is 5.97 Å². The summed E-state index contributed by atoms with van der Waals surface area (Å²) < 4.78 is 11.4. The van der Waals surface area contributed by atoms with Gasteiger partial charge in [-0.3, -0.25) is 14.5 Å². The first-order valence-corrected chi connectivity index (χ1v) is 8.43. The number of carbonyl (C=O) groups is 2. The fourth-order valence-electron chi connectivity index (χ4n) is 2.86. The molecule has 1 aromatic heterocycles. The van der Waals surface area contributed by atoms with Gasteiger partial charge in [0.2, 0.25) is 0 Å². The van der Waals surface area contributed by atoms with Gasteiger partial charge in [0.25, 0.3) is 5.91 Å². The van der Waals surface area contributed by atoms with Crippen molar-refractivity contribution in [3.8, 4) is 0 Å². The van der Waals surface area contributed by atoms with Crippen molar-refractivity contribution in [1.29, 1.82) is 0 Å². The minimum Gasteiger partial charge on any atom is -0.481 e. The molecule has 1 amide bonds. The summed E-state index contributed by atoms with van der Waals surface area (Å²) in [7, 11) is 5.87. The number of aliphatic carboxylic acids is 1. The van der Waals surface area contributed by atoms with Gasteiger partial charge < -0.3 is 24.1 Å². The van der Waals surface area contributed by atoms with Gasteiger partial charge in [-0.25, -0.2) is 0 Å². The van der Waals surface area contributed by atoms with Gasteiger partial charge in [0.1, 0.15) is 12.0 Å². The zero-order valence-electron chi connectivity index (χ0n) is 15.2. The van der Waals surface area contributed by atoms with Crippen LogP contribution in [-0.2, 0) is 16.1 Å². The molecule has 0 aliphatic carbocycles. The smallest absolute Gasteiger partial charge is 0.305 e. The van der Waals surface area contributed by atoms with Crippen LogP contribution in [0.5, 0.6) is 0 Å². The number of hydrogen-bond donors (Lipinski definition) is 2. The Kier molecular flexibility index (Phi) is 6.57. The Morgan fingerprint density at radius 1 is 1.32 bits per heavy atom. The summed E-state index contributed by atoms with van der Waals surface area (Å²) in [6.45, 7) is 4.25. The standard InChI is InChI=1S/C17H27N3O5/c1-20(2,3)11-14(9-16(21)22)18-17(23)13-8-15(25-12-13)10-19-4-6-24-7-5-19/h8,12,14H,4-7,9-11H2,1-3H3,(H-,18,21,22,23)/p+1/t14-/m1/s1. The van der Waals surface area contributed by atoms with Crippen molar-refractivity contribution < 1.29 is 28.3 Å². The lowest BCUT2D eigenvalue weighted by atomic mass is 10.1. The van der Waals surface area contributed by atoms with Crippen LogP contribution in [0.25, 0.3) is 0 Å². The van der Waals surface area contributed by atoms with E-state index in [0.29, 0.717) is 42.1 Å². The second-order valence-corrected chi connectivity index (χ2v) is 7.43. The van der Waals surface area contributed by atoms with Crippen molar-refractivity contribution in [3.63, 3.8) is 0 Å². The lowest BCUT2D eigenvalue weighted by Crippen LogP contribution is -2.49. The number of amides is 1. The van der Waals surface area contributed by atoms with Gasteiger partial charge in [0.15, 0.2) is 0 Å². The average molecular weight is 354 g/mol. The Hall–Kier alpha value is -1.90. The third-order valence-electron chi connectivity index (χ3n) is 3.92. The second kappa shape index (κ2) is 8.46. The monoisotopic (exact) mass is 354 g/mol. The highest BCUT2D eigenvalue weighted by Gasteiger charge is 2.24. The highest BCUT2D eigenvalue weighted by molar-refractivity contribution is 5.94. The molecule has 8 nitrogen and oxygen atoms in total. The molecule has 1 saturated heterocycles. The minimum absolute atomic E-state index is 0.111. The molecule has 0 spiro atoms. The first kappa shape index (κ1) is 19.4. The van der Waals surface area contributed by atoms with E-state index in [4.69, 9.17) is 14.3 Å². The summed E-state index contributed by atoms with van der Waals surface area (Å²) in [4.78, 5) is 25.7. The zero-order valence-corrected chi connectivity index (χ0v) is 15.2. The molecule has 1 aliphatic heterocycles. The largest absolute Gasteiger partial charge is 0.481 e. The van der Waals surface area contributed by atoms with Gasteiger partial charge in [-0.2, -0.15) is 0 Å². The molecule has 8 heteroatoms. The number of nitrogens with zero attached hydrogens (tertiary/aromatic N) is 2. The van der Waals surface area contributed by atoms with Crippen LogP contribution < -0.4 is 5.32 Å². The summed E-state index contributed by atoms with van der Waals surface area (Å²) in [5.41, 5.74) is 0.417. The van der Waals surface area contributed by atoms with E-state index in [1.807, 2.05) is 21.1 Å². The molecule has 2 heterocycles. The number of carboxylic acid groups (broad SMARTS) is 1. The lowest BCUT2D eigenvalue weighted by Gasteiger charge is -2.29. The van der Waals surface area contributed by atoms with Crippen LogP contribution in [0.15, 0.2) is 16.7 Å². The number of nitrogens with one attached hydrogen (secondary N) is 1. The molecule has 2 N–H and O–H groups in total. The number of quaternary nitrogens is 1. The number of hydrogen-bond acceptors (Lipinski definition) is 5. The molecule has 1 fully saturated rings. The van der Waals surface area contributed by atoms with E-state index < -0.39 is 12.0 Å². The normalized spacial score (nSPS) is 17.2. The number of morpholine rings is 1. The van der Waals surface area contributed by atoms with Gasteiger partial charge in [-0.15, -0.1) is 0 Å². The highest BCUT2D eigenvalue weighted by Crippen LogP contribution is 2.12. The first-order chi connectivity index (χ1) is 11.7. The fourth-order valence-corrected chi connectivity index (χ4v) is 2.86. The lowest BCUT2D eigenvalue weighted by molar-refractivity contribution is -0.871. The Morgan fingerprint density at radius 3 is 2.60 bits per heavy atom. The first-order valence-electron chi connectivity index (χ1n) is 8.43. The van der Waals surface area contributed by atoms with E-state index in [1.165, 1.54) is 6.26 Å². The zero-order chi connectivity index (χ0) is 18.4. The quantitative estimate of drug-likeness (QED) is 0.656. The summed E-state index contributed by atoms with van der Waals surface area (Å²) in [6, 6.07) is 1.27. The molecular formula is C17H28N3O5+. The molecular weight excluding hydrogens is 326 g/mol. The van der Waals surface area contributed by atoms with Crippen LogP contribution in [0.1, 0.15) is 22.5 Å². The number of likely N-dealkylation sites (N-methyl/N-ethyl adjacent to an activating group) is 1. The van der Waals surface area contributed by atoms with E-state index in [9.17, 15) is 9.59 Å². The number of furan rings is 1. The van der Waals surface area contributed by atoms with Crippen LogP contribution >= 0.6 is 0 Å². The molecule has 0 saturated carbocycles. The van der Waals surface area contributed by atoms with Crippen LogP contribution in [0.2, 0.25) is 0 Å². The minimum atomic E-state index is -0.932. The van der Waals surface area contributed by atoms with E-state index in [1.54, 1.807) is 6.07 Å². The van der Waals surface area contributed by atoms with E-state index >= 15 is 0 Å². The van der Waals surface area contributed by atoms with E-state index in [-0.39, 0.29) is 12.3 Å². The van der Waals surface area contributed by atoms with Crippen molar-refractivity contribution in [1.82, 2.24) is 10.2 Å².